The standard InChI is InChI=1S/C23H15N3O3S2/c1-14-6-9-16(10-7-14)30-20-11-8-15(12-19(20)26(28)29)13-21-22(27)25-18-5-3-2-4-17(18)24-23(25)31-21/h2-13H,1H3/b21-13-. The SMILES string of the molecule is Cc1ccc(Sc2ccc(/C=c3\sc4nc5ccccc5n4c3=O)cc2[N+](=O)[O-])cc1. The molecule has 0 amide bonds. The number of para-hydroxylation sites is 2. The van der Waals surface area contributed by atoms with Crippen LogP contribution in [0.15, 0.2) is 81.3 Å². The predicted molar refractivity (Wildman–Crippen MR) is 124 cm³/mol. The maximum atomic E-state index is 12.9. The number of hydrogen-bond donors (Lipinski definition) is 0. The van der Waals surface area contributed by atoms with Crippen molar-refractivity contribution < 1.29 is 4.92 Å². The molecule has 0 unspecified atom stereocenters. The lowest BCUT2D eigenvalue weighted by Gasteiger charge is -2.04. The Bertz CT molecular complexity index is 1570. The summed E-state index contributed by atoms with van der Waals surface area (Å²) in [5.74, 6) is 0. The van der Waals surface area contributed by atoms with Crippen molar-refractivity contribution in [2.45, 2.75) is 16.7 Å². The van der Waals surface area contributed by atoms with Crippen LogP contribution in [0.25, 0.3) is 22.1 Å². The average Bonchev–Trinajstić information content (AvgIpc) is 3.27. The number of hydrogen-bond acceptors (Lipinski definition) is 6. The van der Waals surface area contributed by atoms with Gasteiger partial charge in [0.25, 0.3) is 11.2 Å². The van der Waals surface area contributed by atoms with Gasteiger partial charge in [-0.2, -0.15) is 0 Å². The zero-order valence-electron chi connectivity index (χ0n) is 16.3. The molecule has 8 heteroatoms. The number of nitro benzene ring substituents is 1. The minimum absolute atomic E-state index is 0.0126. The van der Waals surface area contributed by atoms with Crippen LogP contribution >= 0.6 is 23.1 Å². The van der Waals surface area contributed by atoms with Gasteiger partial charge in [-0.1, -0.05) is 59.0 Å². The zero-order chi connectivity index (χ0) is 21.5. The molecule has 5 rings (SSSR count). The molecule has 0 N–H and O–H groups in total. The molecule has 0 aliphatic heterocycles. The molecule has 3 aromatic carbocycles. The van der Waals surface area contributed by atoms with Crippen molar-refractivity contribution in [2.75, 3.05) is 0 Å². The molecule has 0 saturated carbocycles. The van der Waals surface area contributed by atoms with Gasteiger partial charge in [-0.15, -0.1) is 0 Å². The molecule has 6 nitrogen and oxygen atoms in total. The summed E-state index contributed by atoms with van der Waals surface area (Å²) in [5, 5.41) is 11.7. The second-order valence-corrected chi connectivity index (χ2v) is 9.16. The van der Waals surface area contributed by atoms with Crippen LogP contribution in [0.4, 0.5) is 5.69 Å². The van der Waals surface area contributed by atoms with Gasteiger partial charge in [0.15, 0.2) is 4.96 Å². The first-order valence-electron chi connectivity index (χ1n) is 9.44. The Morgan fingerprint density at radius 1 is 1.10 bits per heavy atom. The highest BCUT2D eigenvalue weighted by atomic mass is 32.2. The number of imidazole rings is 1. The molecule has 2 aromatic heterocycles. The number of fused-ring (bicyclic) bond motifs is 3. The first-order chi connectivity index (χ1) is 15.0. The second-order valence-electron chi connectivity index (χ2n) is 7.03. The lowest BCUT2D eigenvalue weighted by molar-refractivity contribution is -0.387. The monoisotopic (exact) mass is 445 g/mol. The van der Waals surface area contributed by atoms with E-state index in [9.17, 15) is 14.9 Å². The lowest BCUT2D eigenvalue weighted by Crippen LogP contribution is -2.22. The minimum atomic E-state index is -0.388. The van der Waals surface area contributed by atoms with Crippen LogP contribution in [0.5, 0.6) is 0 Å². The van der Waals surface area contributed by atoms with E-state index < -0.39 is 0 Å². The molecule has 0 radical (unpaired) electrons. The summed E-state index contributed by atoms with van der Waals surface area (Å²) in [6.07, 6.45) is 1.68. The molecule has 152 valence electrons. The van der Waals surface area contributed by atoms with E-state index in [0.29, 0.717) is 20.0 Å². The summed E-state index contributed by atoms with van der Waals surface area (Å²) in [4.78, 5) is 30.8. The van der Waals surface area contributed by atoms with Gasteiger partial charge in [0.05, 0.1) is 25.4 Å². The van der Waals surface area contributed by atoms with E-state index in [1.54, 1.807) is 22.6 Å². The highest BCUT2D eigenvalue weighted by Gasteiger charge is 2.16. The van der Waals surface area contributed by atoms with E-state index in [1.807, 2.05) is 55.5 Å². The first kappa shape index (κ1) is 19.5. The Morgan fingerprint density at radius 2 is 1.87 bits per heavy atom. The van der Waals surface area contributed by atoms with Crippen molar-refractivity contribution in [2.24, 2.45) is 0 Å². The summed E-state index contributed by atoms with van der Waals surface area (Å²) in [6.45, 7) is 2.00. The third-order valence-electron chi connectivity index (χ3n) is 4.87. The number of benzene rings is 3. The molecule has 0 spiro atoms. The van der Waals surface area contributed by atoms with Crippen molar-refractivity contribution in [3.8, 4) is 0 Å². The number of thiazole rings is 1. The van der Waals surface area contributed by atoms with E-state index in [-0.39, 0.29) is 16.2 Å². The van der Waals surface area contributed by atoms with Gasteiger partial charge < -0.3 is 0 Å². The molecular weight excluding hydrogens is 430 g/mol. The number of rotatable bonds is 4. The highest BCUT2D eigenvalue weighted by Crippen LogP contribution is 2.35. The van der Waals surface area contributed by atoms with Gasteiger partial charge in [0, 0.05) is 11.0 Å². The molecule has 2 heterocycles. The van der Waals surface area contributed by atoms with E-state index in [2.05, 4.69) is 4.98 Å². The molecular formula is C23H15N3O3S2. The summed E-state index contributed by atoms with van der Waals surface area (Å²) in [5.41, 5.74) is 3.10. The van der Waals surface area contributed by atoms with Gasteiger partial charge >= 0.3 is 0 Å². The van der Waals surface area contributed by atoms with Crippen molar-refractivity contribution in [1.29, 1.82) is 0 Å². The number of aromatic nitrogens is 2. The van der Waals surface area contributed by atoms with Crippen molar-refractivity contribution in [3.63, 3.8) is 0 Å². The van der Waals surface area contributed by atoms with Crippen LogP contribution in [0.2, 0.25) is 0 Å². The summed E-state index contributed by atoms with van der Waals surface area (Å²) < 4.78 is 2.07. The quantitative estimate of drug-likeness (QED) is 0.293. The Balaban J connectivity index is 1.57. The Morgan fingerprint density at radius 3 is 2.65 bits per heavy atom. The van der Waals surface area contributed by atoms with Crippen LogP contribution in [0.1, 0.15) is 11.1 Å². The Hall–Kier alpha value is -3.49. The van der Waals surface area contributed by atoms with Gasteiger partial charge in [0.2, 0.25) is 0 Å². The first-order valence-corrected chi connectivity index (χ1v) is 11.1. The van der Waals surface area contributed by atoms with Crippen LogP contribution < -0.4 is 10.1 Å². The lowest BCUT2D eigenvalue weighted by atomic mass is 10.2. The van der Waals surface area contributed by atoms with Gasteiger partial charge in [-0.3, -0.25) is 14.9 Å². The molecule has 0 atom stereocenters. The molecule has 0 aliphatic rings. The fourth-order valence-electron chi connectivity index (χ4n) is 3.35. The molecule has 0 saturated heterocycles. The Kier molecular flexibility index (Phi) is 4.80. The number of nitrogens with zero attached hydrogens (tertiary/aromatic N) is 3. The average molecular weight is 446 g/mol. The van der Waals surface area contributed by atoms with Crippen LogP contribution in [-0.4, -0.2) is 14.3 Å². The minimum Gasteiger partial charge on any atom is -0.267 e. The smallest absolute Gasteiger partial charge is 0.267 e. The summed E-state index contributed by atoms with van der Waals surface area (Å²) in [7, 11) is 0. The molecule has 5 aromatic rings. The fraction of sp³-hybridized carbons (Fsp3) is 0.0435. The normalized spacial score (nSPS) is 12.1. The molecule has 31 heavy (non-hydrogen) atoms. The number of aryl methyl sites for hydroxylation is 1. The van der Waals surface area contributed by atoms with Crippen molar-refractivity contribution in [1.82, 2.24) is 9.38 Å². The number of nitro groups is 1. The van der Waals surface area contributed by atoms with Crippen LogP contribution in [0, 0.1) is 17.0 Å². The van der Waals surface area contributed by atoms with E-state index in [0.717, 1.165) is 21.5 Å². The predicted octanol–water partition coefficient (Wildman–Crippen LogP) is 4.82. The molecule has 0 bridgehead atoms. The van der Waals surface area contributed by atoms with E-state index in [1.165, 1.54) is 29.2 Å². The maximum Gasteiger partial charge on any atom is 0.283 e. The van der Waals surface area contributed by atoms with E-state index >= 15 is 0 Å². The maximum absolute atomic E-state index is 12.9. The van der Waals surface area contributed by atoms with Crippen LogP contribution in [-0.2, 0) is 0 Å². The zero-order valence-corrected chi connectivity index (χ0v) is 17.9. The van der Waals surface area contributed by atoms with Gasteiger partial charge in [-0.05, 0) is 48.9 Å². The van der Waals surface area contributed by atoms with Crippen molar-refractivity contribution >= 4 is 50.9 Å². The largest absolute Gasteiger partial charge is 0.283 e. The fourth-order valence-corrected chi connectivity index (χ4v) is 5.24. The third kappa shape index (κ3) is 3.60. The van der Waals surface area contributed by atoms with Crippen molar-refractivity contribution in [3.05, 3.63) is 103 Å². The van der Waals surface area contributed by atoms with E-state index in [4.69, 9.17) is 0 Å². The van der Waals surface area contributed by atoms with Gasteiger partial charge in [-0.25, -0.2) is 9.38 Å². The molecule has 0 aliphatic carbocycles. The topological polar surface area (TPSA) is 77.5 Å². The summed E-state index contributed by atoms with van der Waals surface area (Å²) >= 11 is 2.62. The second kappa shape index (κ2) is 7.64. The third-order valence-corrected chi connectivity index (χ3v) is 6.91. The highest BCUT2D eigenvalue weighted by molar-refractivity contribution is 7.99. The Labute approximate surface area is 184 Å². The summed E-state index contributed by atoms with van der Waals surface area (Å²) in [6, 6.07) is 20.3. The van der Waals surface area contributed by atoms with Crippen LogP contribution in [0.3, 0.4) is 0 Å². The molecule has 0 fully saturated rings. The van der Waals surface area contributed by atoms with Gasteiger partial charge in [0.1, 0.15) is 0 Å².